The van der Waals surface area contributed by atoms with Crippen LogP contribution in [0.5, 0.6) is 5.88 Å². The molecule has 0 aliphatic carbocycles. The normalized spacial score (nSPS) is 16.9. The van der Waals surface area contributed by atoms with Gasteiger partial charge in [0, 0.05) is 31.9 Å². The summed E-state index contributed by atoms with van der Waals surface area (Å²) in [6.45, 7) is 9.90. The highest BCUT2D eigenvalue weighted by Crippen LogP contribution is 2.18. The third-order valence-electron chi connectivity index (χ3n) is 4.34. The molecule has 0 radical (unpaired) electrons. The van der Waals surface area contributed by atoms with Gasteiger partial charge in [-0.15, -0.1) is 24.0 Å². The number of likely N-dealkylation sites (tertiary alicyclic amines) is 1. The topological polar surface area (TPSA) is 76.0 Å². The number of halogens is 1. The average molecular weight is 504 g/mol. The lowest BCUT2D eigenvalue weighted by Crippen LogP contribution is -2.48. The van der Waals surface area contributed by atoms with Gasteiger partial charge < -0.3 is 19.7 Å². The molecule has 2 heterocycles. The smallest absolute Gasteiger partial charge is 0.310 e. The van der Waals surface area contributed by atoms with Crippen molar-refractivity contribution >= 4 is 35.9 Å². The third-order valence-corrected chi connectivity index (χ3v) is 4.34. The second-order valence-corrected chi connectivity index (χ2v) is 6.56. The zero-order valence-corrected chi connectivity index (χ0v) is 19.5. The predicted octanol–water partition coefficient (Wildman–Crippen LogP) is 3.23. The molecular weight excluding hydrogens is 471 g/mol. The Bertz CT molecular complexity index is 610. The van der Waals surface area contributed by atoms with E-state index in [0.717, 1.165) is 43.9 Å². The summed E-state index contributed by atoms with van der Waals surface area (Å²) in [5, 5.41) is 3.33. The number of aliphatic imine (C=N–C) groups is 1. The highest BCUT2D eigenvalue weighted by atomic mass is 127. The lowest BCUT2D eigenvalue weighted by molar-refractivity contribution is -0.149. The zero-order chi connectivity index (χ0) is 19.5. The zero-order valence-electron chi connectivity index (χ0n) is 17.1. The van der Waals surface area contributed by atoms with Crippen LogP contribution in [0, 0.1) is 5.92 Å². The highest BCUT2D eigenvalue weighted by Gasteiger charge is 2.28. The molecule has 0 aromatic carbocycles. The molecule has 1 N–H and O–H groups in total. The van der Waals surface area contributed by atoms with Crippen molar-refractivity contribution in [2.45, 2.75) is 46.6 Å². The molecule has 1 aromatic rings. The number of esters is 1. The first-order valence-corrected chi connectivity index (χ1v) is 9.95. The van der Waals surface area contributed by atoms with Crippen LogP contribution in [-0.4, -0.2) is 54.7 Å². The van der Waals surface area contributed by atoms with E-state index in [4.69, 9.17) is 14.5 Å². The third kappa shape index (κ3) is 7.81. The Morgan fingerprint density at radius 3 is 2.82 bits per heavy atom. The van der Waals surface area contributed by atoms with Gasteiger partial charge in [-0.25, -0.2) is 9.98 Å². The molecule has 1 aliphatic rings. The molecule has 1 fully saturated rings. The number of piperidine rings is 1. The van der Waals surface area contributed by atoms with Crippen molar-refractivity contribution < 1.29 is 14.3 Å². The highest BCUT2D eigenvalue weighted by molar-refractivity contribution is 14.0. The molecule has 1 atom stereocenters. The van der Waals surface area contributed by atoms with Gasteiger partial charge in [-0.3, -0.25) is 4.79 Å². The van der Waals surface area contributed by atoms with Crippen LogP contribution < -0.4 is 10.1 Å². The summed E-state index contributed by atoms with van der Waals surface area (Å²) >= 11 is 0. The Labute approximate surface area is 185 Å². The number of ether oxygens (including phenoxy) is 2. The maximum absolute atomic E-state index is 12.1. The fraction of sp³-hybridized carbons (Fsp3) is 0.650. The first-order valence-electron chi connectivity index (χ1n) is 9.95. The minimum absolute atomic E-state index is 0. The van der Waals surface area contributed by atoms with Crippen LogP contribution in [-0.2, 0) is 16.1 Å². The quantitative estimate of drug-likeness (QED) is 0.254. The van der Waals surface area contributed by atoms with E-state index in [9.17, 15) is 4.79 Å². The molecule has 0 spiro atoms. The number of carbonyl (C=O) groups is 1. The number of aromatic nitrogens is 1. The molecule has 0 amide bonds. The van der Waals surface area contributed by atoms with Gasteiger partial charge >= 0.3 is 5.97 Å². The summed E-state index contributed by atoms with van der Waals surface area (Å²) in [7, 11) is 0. The van der Waals surface area contributed by atoms with Gasteiger partial charge in [0.1, 0.15) is 0 Å². The summed E-state index contributed by atoms with van der Waals surface area (Å²) in [6.07, 6.45) is 4.59. The maximum Gasteiger partial charge on any atom is 0.310 e. The summed E-state index contributed by atoms with van der Waals surface area (Å²) in [5.74, 6) is 1.28. The molecule has 28 heavy (non-hydrogen) atoms. The monoisotopic (exact) mass is 504 g/mol. The minimum Gasteiger partial charge on any atom is -0.478 e. The van der Waals surface area contributed by atoms with Crippen molar-refractivity contribution in [3.8, 4) is 5.88 Å². The number of hydrogen-bond acceptors (Lipinski definition) is 5. The molecular formula is C20H33IN4O3. The largest absolute Gasteiger partial charge is 0.478 e. The van der Waals surface area contributed by atoms with E-state index in [0.29, 0.717) is 32.2 Å². The summed E-state index contributed by atoms with van der Waals surface area (Å²) < 4.78 is 10.7. The Balaban J connectivity index is 0.00000392. The molecule has 158 valence electrons. The number of rotatable bonds is 8. The van der Waals surface area contributed by atoms with Crippen LogP contribution in [0.25, 0.3) is 0 Å². The second kappa shape index (κ2) is 13.6. The number of pyridine rings is 1. The Morgan fingerprint density at radius 2 is 2.18 bits per heavy atom. The van der Waals surface area contributed by atoms with Crippen molar-refractivity contribution in [2.24, 2.45) is 10.9 Å². The lowest BCUT2D eigenvalue weighted by Gasteiger charge is -2.34. The number of guanidine groups is 1. The first-order chi connectivity index (χ1) is 13.2. The fourth-order valence-electron chi connectivity index (χ4n) is 3.01. The van der Waals surface area contributed by atoms with Gasteiger partial charge in [0.05, 0.1) is 25.7 Å². The molecule has 1 unspecified atom stereocenters. The van der Waals surface area contributed by atoms with E-state index in [-0.39, 0.29) is 35.9 Å². The van der Waals surface area contributed by atoms with E-state index in [1.165, 1.54) is 0 Å². The Hall–Kier alpha value is -1.58. The van der Waals surface area contributed by atoms with E-state index in [1.54, 1.807) is 6.20 Å². The van der Waals surface area contributed by atoms with Gasteiger partial charge in [0.25, 0.3) is 0 Å². The number of hydrogen-bond donors (Lipinski definition) is 1. The summed E-state index contributed by atoms with van der Waals surface area (Å²) in [4.78, 5) is 23.3. The molecule has 8 heteroatoms. The van der Waals surface area contributed by atoms with Crippen molar-refractivity contribution in [3.63, 3.8) is 0 Å². The lowest BCUT2D eigenvalue weighted by atomic mass is 9.98. The number of nitrogens with one attached hydrogen (secondary N) is 1. The van der Waals surface area contributed by atoms with Crippen molar-refractivity contribution in [1.29, 1.82) is 0 Å². The Morgan fingerprint density at radius 1 is 1.36 bits per heavy atom. The predicted molar refractivity (Wildman–Crippen MR) is 121 cm³/mol. The molecule has 1 aromatic heterocycles. The second-order valence-electron chi connectivity index (χ2n) is 6.56. The van der Waals surface area contributed by atoms with E-state index in [2.05, 4.69) is 22.1 Å². The average Bonchev–Trinajstić information content (AvgIpc) is 2.70. The van der Waals surface area contributed by atoms with Crippen molar-refractivity contribution in [1.82, 2.24) is 15.2 Å². The molecule has 1 aliphatic heterocycles. The first kappa shape index (κ1) is 24.5. The standard InChI is InChI=1S/C20H32N4O3.HI/c1-4-12-27-18-10-9-16(13-22-18)14-23-20(21-5-2)24-11-7-8-17(15-24)19(25)26-6-3;/h9-10,13,17H,4-8,11-12,14-15H2,1-3H3,(H,21,23);1H. The Kier molecular flexibility index (Phi) is 11.9. The van der Waals surface area contributed by atoms with Gasteiger partial charge in [0.15, 0.2) is 5.96 Å². The van der Waals surface area contributed by atoms with Gasteiger partial charge in [0.2, 0.25) is 5.88 Å². The van der Waals surface area contributed by atoms with E-state index < -0.39 is 0 Å². The molecule has 7 nitrogen and oxygen atoms in total. The van der Waals surface area contributed by atoms with Gasteiger partial charge in [-0.05, 0) is 38.7 Å². The molecule has 0 bridgehead atoms. The van der Waals surface area contributed by atoms with Crippen LogP contribution in [0.1, 0.15) is 45.6 Å². The number of nitrogens with zero attached hydrogens (tertiary/aromatic N) is 3. The molecule has 2 rings (SSSR count). The summed E-state index contributed by atoms with van der Waals surface area (Å²) in [5.41, 5.74) is 1.02. The molecule has 0 saturated carbocycles. The van der Waals surface area contributed by atoms with Crippen LogP contribution in [0.3, 0.4) is 0 Å². The van der Waals surface area contributed by atoms with Crippen LogP contribution in [0.4, 0.5) is 0 Å². The fourth-order valence-corrected chi connectivity index (χ4v) is 3.01. The van der Waals surface area contributed by atoms with Crippen LogP contribution in [0.2, 0.25) is 0 Å². The SMILES string of the molecule is CCCOc1ccc(CN=C(NCC)N2CCCC(C(=O)OCC)C2)cn1.I. The van der Waals surface area contributed by atoms with Crippen molar-refractivity contribution in [3.05, 3.63) is 23.9 Å². The maximum atomic E-state index is 12.1. The van der Waals surface area contributed by atoms with Crippen LogP contribution in [0.15, 0.2) is 23.3 Å². The van der Waals surface area contributed by atoms with Gasteiger partial charge in [-0.2, -0.15) is 0 Å². The minimum atomic E-state index is -0.107. The van der Waals surface area contributed by atoms with Crippen LogP contribution >= 0.6 is 24.0 Å². The van der Waals surface area contributed by atoms with Crippen molar-refractivity contribution in [2.75, 3.05) is 32.8 Å². The molecule has 1 saturated heterocycles. The van der Waals surface area contributed by atoms with E-state index in [1.807, 2.05) is 26.0 Å². The summed E-state index contributed by atoms with van der Waals surface area (Å²) in [6, 6.07) is 3.87. The van der Waals surface area contributed by atoms with E-state index >= 15 is 0 Å². The van der Waals surface area contributed by atoms with Gasteiger partial charge in [-0.1, -0.05) is 13.0 Å². The number of carbonyl (C=O) groups excluding carboxylic acids is 1.